The van der Waals surface area contributed by atoms with E-state index in [0.717, 1.165) is 26.1 Å². The van der Waals surface area contributed by atoms with Gasteiger partial charge in [-0.05, 0) is 43.2 Å². The summed E-state index contributed by atoms with van der Waals surface area (Å²) in [5.74, 6) is 1.14. The van der Waals surface area contributed by atoms with Crippen LogP contribution in [0.25, 0.3) is 0 Å². The zero-order chi connectivity index (χ0) is 14.7. The minimum atomic E-state index is -0.273. The molecule has 2 atom stereocenters. The number of hydrogen-bond donors (Lipinski definition) is 2. The van der Waals surface area contributed by atoms with Gasteiger partial charge in [-0.2, -0.15) is 0 Å². The van der Waals surface area contributed by atoms with Gasteiger partial charge in [-0.1, -0.05) is 41.5 Å². The average molecular weight is 268 g/mol. The fraction of sp³-hybridized carbons (Fsp3) is 0.938. The smallest absolute Gasteiger partial charge is 0.225 e. The normalized spacial score (nSPS) is 22.9. The van der Waals surface area contributed by atoms with Crippen LogP contribution >= 0.6 is 0 Å². The van der Waals surface area contributed by atoms with Gasteiger partial charge in [-0.3, -0.25) is 4.79 Å². The third-order valence-electron chi connectivity index (χ3n) is 4.95. The fourth-order valence-corrected chi connectivity index (χ4v) is 2.43. The van der Waals surface area contributed by atoms with E-state index < -0.39 is 0 Å². The first-order chi connectivity index (χ1) is 8.65. The van der Waals surface area contributed by atoms with Gasteiger partial charge in [0.25, 0.3) is 0 Å². The van der Waals surface area contributed by atoms with E-state index in [2.05, 4.69) is 52.2 Å². The van der Waals surface area contributed by atoms with Gasteiger partial charge >= 0.3 is 0 Å². The maximum atomic E-state index is 12.5. The second-order valence-electron chi connectivity index (χ2n) is 7.74. The highest BCUT2D eigenvalue weighted by molar-refractivity contribution is 5.82. The number of carbonyl (C=O) groups is 1. The Kier molecular flexibility index (Phi) is 5.43. The molecule has 0 saturated carbocycles. The lowest BCUT2D eigenvalue weighted by atomic mass is 9.74. The van der Waals surface area contributed by atoms with E-state index in [1.165, 1.54) is 6.42 Å². The number of rotatable bonds is 4. The summed E-state index contributed by atoms with van der Waals surface area (Å²) in [5, 5.41) is 6.56. The van der Waals surface area contributed by atoms with Crippen molar-refractivity contribution in [2.45, 2.75) is 54.4 Å². The van der Waals surface area contributed by atoms with Crippen molar-refractivity contribution in [1.29, 1.82) is 0 Å². The van der Waals surface area contributed by atoms with Crippen LogP contribution < -0.4 is 10.6 Å². The molecule has 1 heterocycles. The molecule has 112 valence electrons. The van der Waals surface area contributed by atoms with Gasteiger partial charge in [0.05, 0.1) is 0 Å². The van der Waals surface area contributed by atoms with Crippen molar-refractivity contribution in [2.75, 3.05) is 19.6 Å². The molecule has 1 amide bonds. The second kappa shape index (κ2) is 6.25. The molecule has 3 nitrogen and oxygen atoms in total. The van der Waals surface area contributed by atoms with Crippen molar-refractivity contribution >= 4 is 5.91 Å². The van der Waals surface area contributed by atoms with E-state index in [-0.39, 0.29) is 16.7 Å². The summed E-state index contributed by atoms with van der Waals surface area (Å²) >= 11 is 0. The molecule has 0 aromatic heterocycles. The van der Waals surface area contributed by atoms with E-state index >= 15 is 0 Å². The second-order valence-corrected chi connectivity index (χ2v) is 7.74. The SMILES string of the molecule is CC(CNC(=O)C(C)(C)C1CCCNC1)C(C)(C)C. The zero-order valence-electron chi connectivity index (χ0n) is 13.6. The molecule has 0 radical (unpaired) electrons. The van der Waals surface area contributed by atoms with Crippen molar-refractivity contribution in [2.24, 2.45) is 22.7 Å². The van der Waals surface area contributed by atoms with Crippen LogP contribution in [0.5, 0.6) is 0 Å². The predicted octanol–water partition coefficient (Wildman–Crippen LogP) is 2.81. The number of amides is 1. The van der Waals surface area contributed by atoms with Crippen molar-refractivity contribution in [1.82, 2.24) is 10.6 Å². The van der Waals surface area contributed by atoms with Crippen molar-refractivity contribution < 1.29 is 4.79 Å². The Morgan fingerprint density at radius 1 is 1.32 bits per heavy atom. The molecule has 2 unspecified atom stereocenters. The van der Waals surface area contributed by atoms with Crippen molar-refractivity contribution in [3.63, 3.8) is 0 Å². The highest BCUT2D eigenvalue weighted by Gasteiger charge is 2.37. The van der Waals surface area contributed by atoms with Crippen LogP contribution in [0.3, 0.4) is 0 Å². The summed E-state index contributed by atoms with van der Waals surface area (Å²) in [6.45, 7) is 15.9. The first-order valence-electron chi connectivity index (χ1n) is 7.64. The van der Waals surface area contributed by atoms with Gasteiger partial charge in [-0.15, -0.1) is 0 Å². The Morgan fingerprint density at radius 2 is 1.95 bits per heavy atom. The first-order valence-corrected chi connectivity index (χ1v) is 7.64. The lowest BCUT2D eigenvalue weighted by Gasteiger charge is -2.37. The number of nitrogens with one attached hydrogen (secondary N) is 2. The maximum Gasteiger partial charge on any atom is 0.225 e. The lowest BCUT2D eigenvalue weighted by Crippen LogP contribution is -2.48. The Bertz CT molecular complexity index is 298. The third-order valence-corrected chi connectivity index (χ3v) is 4.95. The molecule has 3 heteroatoms. The molecule has 1 fully saturated rings. The van der Waals surface area contributed by atoms with Crippen LogP contribution in [-0.2, 0) is 4.79 Å². The van der Waals surface area contributed by atoms with Crippen LogP contribution in [0.1, 0.15) is 54.4 Å². The minimum Gasteiger partial charge on any atom is -0.355 e. The lowest BCUT2D eigenvalue weighted by molar-refractivity contribution is -0.132. The van der Waals surface area contributed by atoms with Gasteiger partial charge in [-0.25, -0.2) is 0 Å². The van der Waals surface area contributed by atoms with E-state index in [4.69, 9.17) is 0 Å². The summed E-state index contributed by atoms with van der Waals surface area (Å²) in [6, 6.07) is 0. The molecule has 1 aliphatic rings. The van der Waals surface area contributed by atoms with Gasteiger partial charge in [0.2, 0.25) is 5.91 Å². The molecule has 0 spiro atoms. The van der Waals surface area contributed by atoms with Crippen LogP contribution in [0, 0.1) is 22.7 Å². The van der Waals surface area contributed by atoms with Gasteiger partial charge in [0, 0.05) is 12.0 Å². The Morgan fingerprint density at radius 3 is 2.42 bits per heavy atom. The van der Waals surface area contributed by atoms with E-state index in [1.807, 2.05) is 0 Å². The summed E-state index contributed by atoms with van der Waals surface area (Å²) in [7, 11) is 0. The van der Waals surface area contributed by atoms with Gasteiger partial charge in [0.1, 0.15) is 0 Å². The Hall–Kier alpha value is -0.570. The highest BCUT2D eigenvalue weighted by Crippen LogP contribution is 2.32. The molecule has 0 bridgehead atoms. The zero-order valence-corrected chi connectivity index (χ0v) is 13.6. The predicted molar refractivity (Wildman–Crippen MR) is 81.0 cm³/mol. The summed E-state index contributed by atoms with van der Waals surface area (Å²) in [6.07, 6.45) is 2.34. The molecular formula is C16H32N2O. The third kappa shape index (κ3) is 4.48. The van der Waals surface area contributed by atoms with Gasteiger partial charge < -0.3 is 10.6 Å². The number of carbonyl (C=O) groups excluding carboxylic acids is 1. The summed E-state index contributed by atoms with van der Waals surface area (Å²) in [4.78, 5) is 12.5. The fourth-order valence-electron chi connectivity index (χ4n) is 2.43. The number of piperidine rings is 1. The molecule has 0 aromatic rings. The molecule has 19 heavy (non-hydrogen) atoms. The molecular weight excluding hydrogens is 236 g/mol. The van der Waals surface area contributed by atoms with Crippen LogP contribution in [-0.4, -0.2) is 25.5 Å². The molecule has 1 aliphatic heterocycles. The number of hydrogen-bond acceptors (Lipinski definition) is 2. The minimum absolute atomic E-state index is 0.206. The monoisotopic (exact) mass is 268 g/mol. The van der Waals surface area contributed by atoms with E-state index in [9.17, 15) is 4.79 Å². The van der Waals surface area contributed by atoms with Crippen LogP contribution in [0.15, 0.2) is 0 Å². The average Bonchev–Trinajstić information content (AvgIpc) is 2.35. The van der Waals surface area contributed by atoms with Crippen LogP contribution in [0.4, 0.5) is 0 Å². The molecule has 1 saturated heterocycles. The van der Waals surface area contributed by atoms with Gasteiger partial charge in [0.15, 0.2) is 0 Å². The molecule has 0 aliphatic carbocycles. The van der Waals surface area contributed by atoms with Crippen molar-refractivity contribution in [3.8, 4) is 0 Å². The van der Waals surface area contributed by atoms with E-state index in [1.54, 1.807) is 0 Å². The largest absolute Gasteiger partial charge is 0.355 e. The standard InChI is InChI=1S/C16H32N2O/c1-12(15(2,3)4)10-18-14(19)16(5,6)13-8-7-9-17-11-13/h12-13,17H,7-11H2,1-6H3,(H,18,19). The van der Waals surface area contributed by atoms with Crippen LogP contribution in [0.2, 0.25) is 0 Å². The summed E-state index contributed by atoms with van der Waals surface area (Å²) in [5.41, 5.74) is -0.0329. The molecule has 0 aromatic carbocycles. The Labute approximate surface area is 118 Å². The maximum absolute atomic E-state index is 12.5. The molecule has 2 N–H and O–H groups in total. The molecule has 1 rings (SSSR count). The van der Waals surface area contributed by atoms with Crippen molar-refractivity contribution in [3.05, 3.63) is 0 Å². The highest BCUT2D eigenvalue weighted by atomic mass is 16.2. The quantitative estimate of drug-likeness (QED) is 0.823. The summed E-state index contributed by atoms with van der Waals surface area (Å²) < 4.78 is 0. The van der Waals surface area contributed by atoms with E-state index in [0.29, 0.717) is 11.8 Å². The first kappa shape index (κ1) is 16.5. The Balaban J connectivity index is 2.51. The topological polar surface area (TPSA) is 41.1 Å².